The zero-order valence-corrected chi connectivity index (χ0v) is 12.4. The molecule has 3 aromatic rings. The molecule has 1 aromatic carbocycles. The Kier molecular flexibility index (Phi) is 3.83. The van der Waals surface area contributed by atoms with Gasteiger partial charge in [-0.05, 0) is 6.07 Å². The third-order valence-electron chi connectivity index (χ3n) is 3.27. The van der Waals surface area contributed by atoms with Gasteiger partial charge in [-0.25, -0.2) is 9.78 Å². The molecule has 6 heteroatoms. The van der Waals surface area contributed by atoms with Gasteiger partial charge in [0.25, 0.3) is 0 Å². The first-order valence-electron chi connectivity index (χ1n) is 6.52. The van der Waals surface area contributed by atoms with E-state index in [1.165, 1.54) is 7.11 Å². The summed E-state index contributed by atoms with van der Waals surface area (Å²) in [5.74, 6) is -0.176. The Morgan fingerprint density at radius 3 is 2.73 bits per heavy atom. The zero-order chi connectivity index (χ0) is 15.7. The van der Waals surface area contributed by atoms with Crippen molar-refractivity contribution in [3.8, 4) is 11.3 Å². The predicted molar refractivity (Wildman–Crippen MR) is 81.7 cm³/mol. The van der Waals surface area contributed by atoms with Crippen molar-refractivity contribution in [3.05, 3.63) is 52.8 Å². The number of esters is 1. The molecule has 2 heterocycles. The number of pyridine rings is 1. The van der Waals surface area contributed by atoms with Gasteiger partial charge in [-0.1, -0.05) is 41.9 Å². The molecule has 0 fully saturated rings. The maximum Gasteiger partial charge on any atom is 0.342 e. The van der Waals surface area contributed by atoms with Crippen LogP contribution in [0.2, 0.25) is 5.15 Å². The van der Waals surface area contributed by atoms with Crippen molar-refractivity contribution < 1.29 is 19.1 Å². The Hall–Kier alpha value is -2.37. The van der Waals surface area contributed by atoms with E-state index in [0.29, 0.717) is 16.8 Å². The van der Waals surface area contributed by atoms with Crippen LogP contribution in [0.15, 0.2) is 40.8 Å². The van der Waals surface area contributed by atoms with Crippen molar-refractivity contribution in [2.24, 2.45) is 0 Å². The third-order valence-corrected chi connectivity index (χ3v) is 3.53. The SMILES string of the molecule is COC(=O)c1c(-c2ccccc2)oc2c(Cl)nc(CO)cc12. The topological polar surface area (TPSA) is 72.6 Å². The predicted octanol–water partition coefficient (Wildman–Crippen LogP) is 3.43. The fourth-order valence-corrected chi connectivity index (χ4v) is 2.54. The number of nitrogens with zero attached hydrogens (tertiary/aromatic N) is 1. The smallest absolute Gasteiger partial charge is 0.342 e. The van der Waals surface area contributed by atoms with Crippen LogP contribution in [0.4, 0.5) is 0 Å². The van der Waals surface area contributed by atoms with E-state index in [0.717, 1.165) is 5.56 Å². The quantitative estimate of drug-likeness (QED) is 0.592. The number of fused-ring (bicyclic) bond motifs is 1. The number of carbonyl (C=O) groups excluding carboxylic acids is 1. The van der Waals surface area contributed by atoms with Crippen LogP contribution in [0.25, 0.3) is 22.3 Å². The third kappa shape index (κ3) is 2.34. The lowest BCUT2D eigenvalue weighted by Crippen LogP contribution is -2.02. The minimum absolute atomic E-state index is 0.0916. The molecular formula is C16H12ClNO4. The zero-order valence-electron chi connectivity index (χ0n) is 11.7. The van der Waals surface area contributed by atoms with Crippen LogP contribution >= 0.6 is 11.6 Å². The van der Waals surface area contributed by atoms with Crippen LogP contribution in [0.3, 0.4) is 0 Å². The van der Waals surface area contributed by atoms with Crippen LogP contribution in [-0.2, 0) is 11.3 Å². The summed E-state index contributed by atoms with van der Waals surface area (Å²) in [6, 6.07) is 10.7. The van der Waals surface area contributed by atoms with Gasteiger partial charge in [0.15, 0.2) is 10.7 Å². The molecule has 3 rings (SSSR count). The van der Waals surface area contributed by atoms with Crippen LogP contribution in [-0.4, -0.2) is 23.2 Å². The molecule has 112 valence electrons. The van der Waals surface area contributed by atoms with Gasteiger partial charge in [0.2, 0.25) is 0 Å². The van der Waals surface area contributed by atoms with E-state index in [1.807, 2.05) is 30.3 Å². The molecule has 0 saturated carbocycles. The lowest BCUT2D eigenvalue weighted by molar-refractivity contribution is 0.0603. The van der Waals surface area contributed by atoms with E-state index in [1.54, 1.807) is 6.07 Å². The highest BCUT2D eigenvalue weighted by Gasteiger charge is 2.25. The molecule has 0 amide bonds. The summed E-state index contributed by atoms with van der Waals surface area (Å²) in [6.07, 6.45) is 0. The normalized spacial score (nSPS) is 10.9. The molecule has 1 N–H and O–H groups in total. The number of rotatable bonds is 3. The maximum atomic E-state index is 12.2. The number of benzene rings is 1. The van der Waals surface area contributed by atoms with Crippen LogP contribution in [0, 0.1) is 0 Å². The van der Waals surface area contributed by atoms with Gasteiger partial charge in [0, 0.05) is 10.9 Å². The Morgan fingerprint density at radius 1 is 1.36 bits per heavy atom. The van der Waals surface area contributed by atoms with Gasteiger partial charge in [-0.15, -0.1) is 0 Å². The largest absolute Gasteiger partial charge is 0.465 e. The number of methoxy groups -OCH3 is 1. The highest BCUT2D eigenvalue weighted by molar-refractivity contribution is 6.34. The number of hydrogen-bond donors (Lipinski definition) is 1. The van der Waals surface area contributed by atoms with E-state index in [2.05, 4.69) is 4.98 Å². The number of aromatic nitrogens is 1. The number of hydrogen-bond acceptors (Lipinski definition) is 5. The molecule has 0 aliphatic rings. The van der Waals surface area contributed by atoms with Gasteiger partial charge in [-0.3, -0.25) is 0 Å². The molecule has 2 aromatic heterocycles. The van der Waals surface area contributed by atoms with E-state index < -0.39 is 5.97 Å². The second-order valence-corrected chi connectivity index (χ2v) is 4.96. The van der Waals surface area contributed by atoms with E-state index in [9.17, 15) is 9.90 Å². The first-order chi connectivity index (χ1) is 10.7. The molecular weight excluding hydrogens is 306 g/mol. The molecule has 0 radical (unpaired) electrons. The van der Waals surface area contributed by atoms with E-state index >= 15 is 0 Å². The molecule has 0 bridgehead atoms. The molecule has 0 aliphatic heterocycles. The van der Waals surface area contributed by atoms with Crippen molar-refractivity contribution >= 4 is 28.5 Å². The summed E-state index contributed by atoms with van der Waals surface area (Å²) in [4.78, 5) is 16.2. The summed E-state index contributed by atoms with van der Waals surface area (Å²) in [5.41, 5.74) is 1.63. The fraction of sp³-hybridized carbons (Fsp3) is 0.125. The number of furan rings is 1. The van der Waals surface area contributed by atoms with Crippen LogP contribution in [0.1, 0.15) is 16.1 Å². The summed E-state index contributed by atoms with van der Waals surface area (Å²) in [6.45, 7) is -0.290. The summed E-state index contributed by atoms with van der Waals surface area (Å²) >= 11 is 6.09. The Labute approximate surface area is 131 Å². The highest BCUT2D eigenvalue weighted by Crippen LogP contribution is 2.37. The van der Waals surface area contributed by atoms with E-state index in [-0.39, 0.29) is 22.9 Å². The molecule has 0 atom stereocenters. The number of aliphatic hydroxyl groups excluding tert-OH is 1. The highest BCUT2D eigenvalue weighted by atomic mass is 35.5. The van der Waals surface area contributed by atoms with Gasteiger partial charge < -0.3 is 14.3 Å². The Balaban J connectivity index is 2.37. The second kappa shape index (κ2) is 5.79. The average Bonchev–Trinajstić information content (AvgIpc) is 2.94. The number of aliphatic hydroxyl groups is 1. The van der Waals surface area contributed by atoms with Crippen LogP contribution < -0.4 is 0 Å². The van der Waals surface area contributed by atoms with Crippen molar-refractivity contribution in [2.45, 2.75) is 6.61 Å². The summed E-state index contributed by atoms with van der Waals surface area (Å²) in [7, 11) is 1.30. The van der Waals surface area contributed by atoms with Gasteiger partial charge in [-0.2, -0.15) is 0 Å². The van der Waals surface area contributed by atoms with Gasteiger partial charge in [0.05, 0.1) is 19.4 Å². The number of halogens is 1. The lowest BCUT2D eigenvalue weighted by Gasteiger charge is -2.01. The maximum absolute atomic E-state index is 12.2. The first kappa shape index (κ1) is 14.6. The average molecular weight is 318 g/mol. The molecule has 22 heavy (non-hydrogen) atoms. The fourth-order valence-electron chi connectivity index (χ4n) is 2.29. The van der Waals surface area contributed by atoms with Crippen molar-refractivity contribution in [2.75, 3.05) is 7.11 Å². The lowest BCUT2D eigenvalue weighted by atomic mass is 10.1. The first-order valence-corrected chi connectivity index (χ1v) is 6.90. The second-order valence-electron chi connectivity index (χ2n) is 4.60. The standard InChI is InChI=1S/C16H12ClNO4/c1-21-16(20)12-11-7-10(8-19)18-15(17)14(11)22-13(12)9-5-3-2-4-6-9/h2-7,19H,8H2,1H3. The number of carbonyl (C=O) groups is 1. The van der Waals surface area contributed by atoms with Crippen LogP contribution in [0.5, 0.6) is 0 Å². The molecule has 0 aliphatic carbocycles. The van der Waals surface area contributed by atoms with Crippen molar-refractivity contribution in [1.82, 2.24) is 4.98 Å². The van der Waals surface area contributed by atoms with Crippen molar-refractivity contribution in [3.63, 3.8) is 0 Å². The molecule has 0 spiro atoms. The Morgan fingerprint density at radius 2 is 2.09 bits per heavy atom. The minimum Gasteiger partial charge on any atom is -0.465 e. The summed E-state index contributed by atoms with van der Waals surface area (Å²) in [5, 5.41) is 9.82. The van der Waals surface area contributed by atoms with Gasteiger partial charge in [0.1, 0.15) is 11.3 Å². The monoisotopic (exact) mass is 317 g/mol. The summed E-state index contributed by atoms with van der Waals surface area (Å²) < 4.78 is 10.6. The van der Waals surface area contributed by atoms with E-state index in [4.69, 9.17) is 20.8 Å². The molecule has 5 nitrogen and oxygen atoms in total. The minimum atomic E-state index is -0.538. The van der Waals surface area contributed by atoms with Crippen molar-refractivity contribution in [1.29, 1.82) is 0 Å². The molecule has 0 unspecified atom stereocenters. The Bertz CT molecular complexity index is 842. The number of ether oxygens (including phenoxy) is 1. The van der Waals surface area contributed by atoms with Gasteiger partial charge >= 0.3 is 5.97 Å². The molecule has 0 saturated heterocycles.